The molecule has 0 spiro atoms. The summed E-state index contributed by atoms with van der Waals surface area (Å²) in [6.07, 6.45) is 0. The van der Waals surface area contributed by atoms with Gasteiger partial charge in [0, 0.05) is 13.0 Å². The van der Waals surface area contributed by atoms with Gasteiger partial charge in [-0.1, -0.05) is 13.8 Å². The van der Waals surface area contributed by atoms with Crippen molar-refractivity contribution in [1.82, 2.24) is 14.8 Å². The van der Waals surface area contributed by atoms with Gasteiger partial charge >= 0.3 is 0 Å². The Morgan fingerprint density at radius 2 is 2.09 bits per heavy atom. The zero-order chi connectivity index (χ0) is 8.43. The molecule has 0 bridgehead atoms. The predicted molar refractivity (Wildman–Crippen MR) is 41.0 cm³/mol. The van der Waals surface area contributed by atoms with Gasteiger partial charge in [0.1, 0.15) is 12.4 Å². The molecule has 1 N–H and O–H groups in total. The zero-order valence-corrected chi connectivity index (χ0v) is 7.07. The Bertz CT molecular complexity index is 242. The first-order valence-electron chi connectivity index (χ1n) is 3.65. The molecule has 0 amide bonds. The second-order valence-electron chi connectivity index (χ2n) is 2.85. The molecule has 0 radical (unpaired) electrons. The molecule has 0 saturated heterocycles. The highest BCUT2D eigenvalue weighted by molar-refractivity contribution is 4.97. The van der Waals surface area contributed by atoms with Gasteiger partial charge in [0.05, 0.1) is 0 Å². The Kier molecular flexibility index (Phi) is 2.24. The molecule has 0 atom stereocenters. The zero-order valence-electron chi connectivity index (χ0n) is 7.07. The van der Waals surface area contributed by atoms with Crippen molar-refractivity contribution in [2.24, 2.45) is 7.05 Å². The summed E-state index contributed by atoms with van der Waals surface area (Å²) in [6.45, 7) is 4.05. The van der Waals surface area contributed by atoms with E-state index < -0.39 is 0 Å². The topological polar surface area (TPSA) is 50.9 Å². The van der Waals surface area contributed by atoms with Crippen LogP contribution in [0.5, 0.6) is 0 Å². The van der Waals surface area contributed by atoms with Gasteiger partial charge in [-0.15, -0.1) is 10.2 Å². The van der Waals surface area contributed by atoms with Crippen molar-refractivity contribution in [3.05, 3.63) is 11.6 Å². The largest absolute Gasteiger partial charge is 0.388 e. The number of aromatic nitrogens is 3. The van der Waals surface area contributed by atoms with Gasteiger partial charge in [0.25, 0.3) is 0 Å². The van der Waals surface area contributed by atoms with Crippen LogP contribution >= 0.6 is 0 Å². The summed E-state index contributed by atoms with van der Waals surface area (Å²) in [5.41, 5.74) is 0. The standard InChI is InChI=1S/C7H13N3O/c1-5(2)7-9-8-6(4-11)10(7)3/h5,11H,4H2,1-3H3. The normalized spacial score (nSPS) is 11.0. The van der Waals surface area contributed by atoms with Crippen molar-refractivity contribution in [1.29, 1.82) is 0 Å². The first-order chi connectivity index (χ1) is 5.16. The quantitative estimate of drug-likeness (QED) is 0.673. The van der Waals surface area contributed by atoms with Crippen molar-refractivity contribution in [2.75, 3.05) is 0 Å². The maximum atomic E-state index is 8.79. The van der Waals surface area contributed by atoms with E-state index in [1.165, 1.54) is 0 Å². The van der Waals surface area contributed by atoms with E-state index in [9.17, 15) is 0 Å². The van der Waals surface area contributed by atoms with Crippen LogP contribution in [0.4, 0.5) is 0 Å². The summed E-state index contributed by atoms with van der Waals surface area (Å²) in [5, 5.41) is 16.5. The number of hydrogen-bond acceptors (Lipinski definition) is 3. The summed E-state index contributed by atoms with van der Waals surface area (Å²) in [6, 6.07) is 0. The van der Waals surface area contributed by atoms with E-state index in [1.54, 1.807) is 0 Å². The SMILES string of the molecule is CC(C)c1nnc(CO)n1C. The summed E-state index contributed by atoms with van der Waals surface area (Å²) in [5.74, 6) is 1.88. The highest BCUT2D eigenvalue weighted by Gasteiger charge is 2.09. The Morgan fingerprint density at radius 3 is 2.36 bits per heavy atom. The molecule has 0 aliphatic heterocycles. The molecule has 0 unspecified atom stereocenters. The van der Waals surface area contributed by atoms with E-state index in [1.807, 2.05) is 25.5 Å². The Balaban J connectivity index is 3.00. The maximum Gasteiger partial charge on any atom is 0.158 e. The minimum atomic E-state index is -0.0454. The Hall–Kier alpha value is -0.900. The lowest BCUT2D eigenvalue weighted by Crippen LogP contribution is -2.03. The molecule has 0 aliphatic rings. The fraction of sp³-hybridized carbons (Fsp3) is 0.714. The number of rotatable bonds is 2. The van der Waals surface area contributed by atoms with Crippen LogP contribution in [0.1, 0.15) is 31.4 Å². The van der Waals surface area contributed by atoms with Crippen molar-refractivity contribution in [3.8, 4) is 0 Å². The van der Waals surface area contributed by atoms with Crippen LogP contribution in [0.25, 0.3) is 0 Å². The smallest absolute Gasteiger partial charge is 0.158 e. The van der Waals surface area contributed by atoms with Crippen molar-refractivity contribution in [3.63, 3.8) is 0 Å². The van der Waals surface area contributed by atoms with E-state index in [4.69, 9.17) is 5.11 Å². The first-order valence-corrected chi connectivity index (χ1v) is 3.65. The van der Waals surface area contributed by atoms with E-state index in [0.29, 0.717) is 11.7 Å². The van der Waals surface area contributed by atoms with Crippen molar-refractivity contribution in [2.45, 2.75) is 26.4 Å². The Labute approximate surface area is 65.9 Å². The van der Waals surface area contributed by atoms with Gasteiger partial charge < -0.3 is 9.67 Å². The molecule has 62 valence electrons. The van der Waals surface area contributed by atoms with Crippen LogP contribution in [0.15, 0.2) is 0 Å². The molecule has 1 aromatic heterocycles. The number of hydrogen-bond donors (Lipinski definition) is 1. The third kappa shape index (κ3) is 1.40. The maximum absolute atomic E-state index is 8.79. The van der Waals surface area contributed by atoms with E-state index in [0.717, 1.165) is 5.82 Å². The first kappa shape index (κ1) is 8.20. The highest BCUT2D eigenvalue weighted by atomic mass is 16.3. The number of aliphatic hydroxyl groups is 1. The molecule has 1 rings (SSSR count). The third-order valence-electron chi connectivity index (χ3n) is 1.66. The molecule has 0 aromatic carbocycles. The molecular formula is C7H13N3O. The van der Waals surface area contributed by atoms with Gasteiger partial charge in [0.2, 0.25) is 0 Å². The fourth-order valence-corrected chi connectivity index (χ4v) is 1.02. The van der Waals surface area contributed by atoms with E-state index >= 15 is 0 Å². The lowest BCUT2D eigenvalue weighted by Gasteiger charge is -2.03. The van der Waals surface area contributed by atoms with Gasteiger partial charge in [0.15, 0.2) is 5.82 Å². The summed E-state index contributed by atoms with van der Waals surface area (Å²) >= 11 is 0. The molecule has 1 heterocycles. The fourth-order valence-electron chi connectivity index (χ4n) is 1.02. The second kappa shape index (κ2) is 3.00. The monoisotopic (exact) mass is 155 g/mol. The molecule has 0 fully saturated rings. The lowest BCUT2D eigenvalue weighted by atomic mass is 10.2. The van der Waals surface area contributed by atoms with Crippen LogP contribution in [0, 0.1) is 0 Å². The number of aliphatic hydroxyl groups excluding tert-OH is 1. The summed E-state index contributed by atoms with van der Waals surface area (Å²) in [7, 11) is 1.86. The van der Waals surface area contributed by atoms with Crippen LogP contribution in [0.2, 0.25) is 0 Å². The predicted octanol–water partition coefficient (Wildman–Crippen LogP) is 0.431. The van der Waals surface area contributed by atoms with Crippen molar-refractivity contribution >= 4 is 0 Å². The minimum absolute atomic E-state index is 0.0454. The van der Waals surface area contributed by atoms with Crippen molar-refractivity contribution < 1.29 is 5.11 Å². The molecule has 0 aliphatic carbocycles. The second-order valence-corrected chi connectivity index (χ2v) is 2.85. The average Bonchev–Trinajstić information content (AvgIpc) is 2.30. The van der Waals surface area contributed by atoms with Gasteiger partial charge in [-0.3, -0.25) is 0 Å². The van der Waals surface area contributed by atoms with Crippen LogP contribution in [-0.2, 0) is 13.7 Å². The minimum Gasteiger partial charge on any atom is -0.388 e. The van der Waals surface area contributed by atoms with Gasteiger partial charge in [-0.2, -0.15) is 0 Å². The Morgan fingerprint density at radius 1 is 1.45 bits per heavy atom. The van der Waals surface area contributed by atoms with Crippen LogP contribution in [0.3, 0.4) is 0 Å². The van der Waals surface area contributed by atoms with Crippen LogP contribution < -0.4 is 0 Å². The summed E-state index contributed by atoms with van der Waals surface area (Å²) < 4.78 is 1.82. The molecule has 0 saturated carbocycles. The molecule has 4 nitrogen and oxygen atoms in total. The van der Waals surface area contributed by atoms with Crippen LogP contribution in [-0.4, -0.2) is 19.9 Å². The molecule has 11 heavy (non-hydrogen) atoms. The highest BCUT2D eigenvalue weighted by Crippen LogP contribution is 2.10. The molecule has 1 aromatic rings. The number of nitrogens with zero attached hydrogens (tertiary/aromatic N) is 3. The van der Waals surface area contributed by atoms with Gasteiger partial charge in [-0.25, -0.2) is 0 Å². The molecular weight excluding hydrogens is 142 g/mol. The third-order valence-corrected chi connectivity index (χ3v) is 1.66. The van der Waals surface area contributed by atoms with Gasteiger partial charge in [-0.05, 0) is 0 Å². The van der Waals surface area contributed by atoms with E-state index in [-0.39, 0.29) is 6.61 Å². The molecule has 4 heteroatoms. The summed E-state index contributed by atoms with van der Waals surface area (Å²) in [4.78, 5) is 0. The average molecular weight is 155 g/mol. The van der Waals surface area contributed by atoms with E-state index in [2.05, 4.69) is 10.2 Å². The lowest BCUT2D eigenvalue weighted by molar-refractivity contribution is 0.266.